The van der Waals surface area contributed by atoms with Crippen molar-refractivity contribution in [3.05, 3.63) is 36.7 Å². The van der Waals surface area contributed by atoms with Crippen LogP contribution in [0, 0.1) is 0 Å². The number of methoxy groups -OCH3 is 2. The van der Waals surface area contributed by atoms with Crippen LogP contribution in [0.2, 0.25) is 0 Å². The molecule has 1 amide bonds. The summed E-state index contributed by atoms with van der Waals surface area (Å²) >= 11 is 1.43. The summed E-state index contributed by atoms with van der Waals surface area (Å²) in [6, 6.07) is 7.73. The molecule has 1 aromatic carbocycles. The minimum absolute atomic E-state index is 0.0837. The predicted molar refractivity (Wildman–Crippen MR) is 95.0 cm³/mol. The predicted octanol–water partition coefficient (Wildman–Crippen LogP) is 2.47. The lowest BCUT2D eigenvalue weighted by Gasteiger charge is -2.16. The molecule has 0 spiro atoms. The van der Waals surface area contributed by atoms with Crippen LogP contribution in [0.4, 0.5) is 0 Å². The number of hydrogen-bond donors (Lipinski definition) is 0. The first-order valence-electron chi connectivity index (χ1n) is 7.69. The average Bonchev–Trinajstić information content (AvgIpc) is 3.08. The maximum absolute atomic E-state index is 12.2. The normalized spacial score (nSPS) is 10.6. The third-order valence-corrected chi connectivity index (χ3v) is 4.50. The number of hydrogen-bond acceptors (Lipinski definition) is 5. The molecule has 1 heterocycles. The molecule has 0 saturated heterocycles. The van der Waals surface area contributed by atoms with Gasteiger partial charge in [-0.2, -0.15) is 0 Å². The number of thioether (sulfide) groups is 1. The lowest BCUT2D eigenvalue weighted by atomic mass is 10.3. The fourth-order valence-electron chi connectivity index (χ4n) is 2.14. The maximum atomic E-state index is 12.2. The molecule has 0 N–H and O–H groups in total. The fourth-order valence-corrected chi connectivity index (χ4v) is 3.06. The maximum Gasteiger partial charge on any atom is 0.232 e. The van der Waals surface area contributed by atoms with E-state index in [2.05, 4.69) is 4.98 Å². The Labute approximate surface area is 146 Å². The monoisotopic (exact) mass is 349 g/mol. The van der Waals surface area contributed by atoms with Gasteiger partial charge in [0.15, 0.2) is 5.16 Å². The van der Waals surface area contributed by atoms with E-state index < -0.39 is 0 Å². The first-order valence-corrected chi connectivity index (χ1v) is 8.67. The number of aromatic nitrogens is 2. The number of benzene rings is 1. The van der Waals surface area contributed by atoms with E-state index >= 15 is 0 Å². The van der Waals surface area contributed by atoms with Gasteiger partial charge in [-0.3, -0.25) is 9.36 Å². The number of ether oxygens (including phenoxy) is 2. The Bertz CT molecular complexity index is 643. The number of amides is 1. The third kappa shape index (κ3) is 5.01. The van der Waals surface area contributed by atoms with Crippen LogP contribution < -0.4 is 4.74 Å². The van der Waals surface area contributed by atoms with Crippen LogP contribution in [0.3, 0.4) is 0 Å². The summed E-state index contributed by atoms with van der Waals surface area (Å²) < 4.78 is 12.1. The quantitative estimate of drug-likeness (QED) is 0.514. The molecule has 24 heavy (non-hydrogen) atoms. The molecule has 6 nitrogen and oxygen atoms in total. The molecule has 0 aliphatic heterocycles. The Morgan fingerprint density at radius 2 is 2.04 bits per heavy atom. The van der Waals surface area contributed by atoms with Gasteiger partial charge in [-0.25, -0.2) is 4.98 Å². The van der Waals surface area contributed by atoms with Crippen molar-refractivity contribution in [2.45, 2.75) is 11.6 Å². The highest BCUT2D eigenvalue weighted by Gasteiger charge is 2.12. The molecule has 130 valence electrons. The van der Waals surface area contributed by atoms with Gasteiger partial charge in [-0.1, -0.05) is 11.8 Å². The summed E-state index contributed by atoms with van der Waals surface area (Å²) in [5, 5.41) is 0.791. The number of imidazole rings is 1. The van der Waals surface area contributed by atoms with Gasteiger partial charge in [0.25, 0.3) is 0 Å². The molecule has 2 rings (SSSR count). The smallest absolute Gasteiger partial charge is 0.232 e. The van der Waals surface area contributed by atoms with Crippen molar-refractivity contribution in [2.75, 3.05) is 40.2 Å². The van der Waals surface area contributed by atoms with Crippen molar-refractivity contribution < 1.29 is 14.3 Å². The van der Waals surface area contributed by atoms with E-state index in [1.165, 1.54) is 11.8 Å². The lowest BCUT2D eigenvalue weighted by Crippen LogP contribution is -2.29. The molecule has 1 aromatic heterocycles. The Kier molecular flexibility index (Phi) is 7.14. The molecule has 2 aromatic rings. The van der Waals surface area contributed by atoms with Gasteiger partial charge in [0.05, 0.1) is 12.9 Å². The van der Waals surface area contributed by atoms with E-state index in [0.29, 0.717) is 18.9 Å². The van der Waals surface area contributed by atoms with Crippen LogP contribution in [0.15, 0.2) is 41.8 Å². The summed E-state index contributed by atoms with van der Waals surface area (Å²) in [6.45, 7) is 1.35. The highest BCUT2D eigenvalue weighted by Crippen LogP contribution is 2.22. The number of rotatable bonds is 9. The van der Waals surface area contributed by atoms with E-state index in [4.69, 9.17) is 9.47 Å². The average molecular weight is 349 g/mol. The van der Waals surface area contributed by atoms with Gasteiger partial charge in [0.2, 0.25) is 5.91 Å². The van der Waals surface area contributed by atoms with Crippen LogP contribution in [0.25, 0.3) is 5.69 Å². The van der Waals surface area contributed by atoms with E-state index in [1.54, 1.807) is 25.3 Å². The molecule has 7 heteroatoms. The van der Waals surface area contributed by atoms with Crippen LogP contribution in [0.1, 0.15) is 6.42 Å². The summed E-state index contributed by atoms with van der Waals surface area (Å²) in [4.78, 5) is 18.2. The SMILES string of the molecule is COCCCN(C)C(=O)CSc1nccn1-c1ccc(OC)cc1. The van der Waals surface area contributed by atoms with Gasteiger partial charge < -0.3 is 14.4 Å². The topological polar surface area (TPSA) is 56.6 Å². The lowest BCUT2D eigenvalue weighted by molar-refractivity contribution is -0.127. The highest BCUT2D eigenvalue weighted by molar-refractivity contribution is 7.99. The van der Waals surface area contributed by atoms with Crippen molar-refractivity contribution in [3.63, 3.8) is 0 Å². The molecule has 0 saturated carbocycles. The minimum atomic E-state index is 0.0837. The Morgan fingerprint density at radius 1 is 1.29 bits per heavy atom. The second-order valence-electron chi connectivity index (χ2n) is 5.23. The molecule has 0 aliphatic carbocycles. The van der Waals surface area contributed by atoms with Gasteiger partial charge in [-0.15, -0.1) is 0 Å². The summed E-state index contributed by atoms with van der Waals surface area (Å²) in [7, 11) is 5.12. The summed E-state index contributed by atoms with van der Waals surface area (Å²) in [5.41, 5.74) is 0.983. The Balaban J connectivity index is 1.94. The number of carbonyl (C=O) groups is 1. The van der Waals surface area contributed by atoms with E-state index in [-0.39, 0.29) is 5.91 Å². The van der Waals surface area contributed by atoms with Crippen LogP contribution in [0.5, 0.6) is 5.75 Å². The molecule has 0 aliphatic rings. The molecule has 0 atom stereocenters. The van der Waals surface area contributed by atoms with Crippen molar-refractivity contribution in [2.24, 2.45) is 0 Å². The minimum Gasteiger partial charge on any atom is -0.497 e. The molecule has 0 fully saturated rings. The zero-order chi connectivity index (χ0) is 17.4. The van der Waals surface area contributed by atoms with Crippen LogP contribution >= 0.6 is 11.8 Å². The molecule has 0 unspecified atom stereocenters. The zero-order valence-electron chi connectivity index (χ0n) is 14.3. The zero-order valence-corrected chi connectivity index (χ0v) is 15.1. The van der Waals surface area contributed by atoms with E-state index in [9.17, 15) is 4.79 Å². The number of nitrogens with zero attached hydrogens (tertiary/aromatic N) is 3. The fraction of sp³-hybridized carbons (Fsp3) is 0.412. The Hall–Kier alpha value is -1.99. The molecule has 0 bridgehead atoms. The number of carbonyl (C=O) groups excluding carboxylic acids is 1. The first-order chi connectivity index (χ1) is 11.7. The van der Waals surface area contributed by atoms with Crippen molar-refractivity contribution in [1.82, 2.24) is 14.5 Å². The standard InChI is InChI=1S/C17H23N3O3S/c1-19(10-4-12-22-2)16(21)13-24-17-18-9-11-20(17)14-5-7-15(23-3)8-6-14/h5-9,11H,4,10,12-13H2,1-3H3. The van der Waals surface area contributed by atoms with Gasteiger partial charge in [0.1, 0.15) is 5.75 Å². The van der Waals surface area contributed by atoms with Crippen LogP contribution in [-0.4, -0.2) is 60.5 Å². The van der Waals surface area contributed by atoms with Crippen molar-refractivity contribution in [1.29, 1.82) is 0 Å². The third-order valence-electron chi connectivity index (χ3n) is 3.55. The van der Waals surface area contributed by atoms with Gasteiger partial charge >= 0.3 is 0 Å². The van der Waals surface area contributed by atoms with Gasteiger partial charge in [-0.05, 0) is 30.7 Å². The molecular weight excluding hydrogens is 326 g/mol. The van der Waals surface area contributed by atoms with E-state index in [1.807, 2.05) is 42.1 Å². The summed E-state index contributed by atoms with van der Waals surface area (Å²) in [6.07, 6.45) is 4.46. The van der Waals surface area contributed by atoms with Crippen LogP contribution in [-0.2, 0) is 9.53 Å². The second-order valence-corrected chi connectivity index (χ2v) is 6.17. The molecular formula is C17H23N3O3S. The highest BCUT2D eigenvalue weighted by atomic mass is 32.2. The Morgan fingerprint density at radius 3 is 2.71 bits per heavy atom. The van der Waals surface area contributed by atoms with Crippen molar-refractivity contribution in [3.8, 4) is 11.4 Å². The van der Waals surface area contributed by atoms with E-state index in [0.717, 1.165) is 23.0 Å². The summed E-state index contributed by atoms with van der Waals surface area (Å²) in [5.74, 6) is 1.25. The second kappa shape index (κ2) is 9.34. The van der Waals surface area contributed by atoms with Crippen molar-refractivity contribution >= 4 is 17.7 Å². The largest absolute Gasteiger partial charge is 0.497 e. The van der Waals surface area contributed by atoms with Gasteiger partial charge in [0, 0.05) is 45.4 Å². The first kappa shape index (κ1) is 18.4. The molecule has 0 radical (unpaired) electrons.